The summed E-state index contributed by atoms with van der Waals surface area (Å²) in [5.41, 5.74) is 0.665. The minimum Gasteiger partial charge on any atom is -0.274 e. The lowest BCUT2D eigenvalue weighted by molar-refractivity contribution is -0.122. The number of carbonyl (C=O) groups is 2. The maximum absolute atomic E-state index is 14.0. The molecular formula is C27H20ClFN2O4S. The third-order valence-corrected chi connectivity index (χ3v) is 8.39. The summed E-state index contributed by atoms with van der Waals surface area (Å²) in [6.07, 6.45) is -0.354. The van der Waals surface area contributed by atoms with E-state index in [1.165, 1.54) is 18.2 Å². The van der Waals surface area contributed by atoms with Gasteiger partial charge in [-0.3, -0.25) is 9.59 Å². The van der Waals surface area contributed by atoms with Crippen molar-refractivity contribution in [3.8, 4) is 0 Å². The first kappa shape index (κ1) is 24.1. The first-order valence-corrected chi connectivity index (χ1v) is 12.9. The van der Waals surface area contributed by atoms with E-state index in [1.54, 1.807) is 48.5 Å². The molecule has 1 aliphatic heterocycles. The van der Waals surface area contributed by atoms with E-state index in [0.29, 0.717) is 10.6 Å². The largest absolute Gasteiger partial charge is 0.274 e. The molecule has 0 aliphatic carbocycles. The van der Waals surface area contributed by atoms with Crippen LogP contribution < -0.4 is 4.90 Å². The Morgan fingerprint density at radius 3 is 2.28 bits per heavy atom. The van der Waals surface area contributed by atoms with Gasteiger partial charge in [0.05, 0.1) is 17.0 Å². The van der Waals surface area contributed by atoms with Crippen LogP contribution in [0.2, 0.25) is 5.02 Å². The summed E-state index contributed by atoms with van der Waals surface area (Å²) in [5, 5.41) is 1.92. The Bertz CT molecular complexity index is 1590. The van der Waals surface area contributed by atoms with Gasteiger partial charge in [0.25, 0.3) is 5.91 Å². The van der Waals surface area contributed by atoms with Gasteiger partial charge in [0.1, 0.15) is 11.9 Å². The zero-order valence-corrected chi connectivity index (χ0v) is 20.4. The number of rotatable bonds is 6. The Kier molecular flexibility index (Phi) is 6.34. The quantitative estimate of drug-likeness (QED) is 0.328. The fraction of sp³-hybridized carbons (Fsp3) is 0.111. The van der Waals surface area contributed by atoms with E-state index in [0.717, 1.165) is 32.1 Å². The van der Waals surface area contributed by atoms with Crippen molar-refractivity contribution in [3.63, 3.8) is 0 Å². The fourth-order valence-corrected chi connectivity index (χ4v) is 6.11. The predicted octanol–water partition coefficient (Wildman–Crippen LogP) is 5.16. The van der Waals surface area contributed by atoms with E-state index in [2.05, 4.69) is 0 Å². The Morgan fingerprint density at radius 1 is 0.889 bits per heavy atom. The second-order valence-electron chi connectivity index (χ2n) is 8.41. The molecule has 1 fully saturated rings. The molecule has 1 atom stereocenters. The SMILES string of the molecule is O=C1CC(N(Cc2ccccc2Cl)S(=O)(=O)c2ccc3ccccc3c2)C(=O)N1c1ccc(F)cc1. The standard InChI is InChI=1S/C27H20ClFN2O4S/c28-24-8-4-3-7-20(24)17-30(36(34,35)23-14-9-18-5-1-2-6-19(18)15-23)25-16-26(32)31(27(25)33)22-12-10-21(29)11-13-22/h1-15,25H,16-17H2. The minimum absolute atomic E-state index is 0.00580. The summed E-state index contributed by atoms with van der Waals surface area (Å²) < 4.78 is 42.4. The number of imide groups is 1. The third kappa shape index (κ3) is 4.39. The lowest BCUT2D eigenvalue weighted by Gasteiger charge is -2.27. The Hall–Kier alpha value is -3.59. The molecule has 5 rings (SSSR count). The molecule has 1 unspecified atom stereocenters. The molecule has 182 valence electrons. The number of sulfonamides is 1. The first-order valence-electron chi connectivity index (χ1n) is 11.1. The van der Waals surface area contributed by atoms with Crippen molar-refractivity contribution in [2.75, 3.05) is 4.90 Å². The average Bonchev–Trinajstić information content (AvgIpc) is 3.16. The number of anilines is 1. The molecule has 1 heterocycles. The number of halogens is 2. The molecule has 6 nitrogen and oxygen atoms in total. The smallest absolute Gasteiger partial charge is 0.252 e. The second-order valence-corrected chi connectivity index (χ2v) is 10.7. The Balaban J connectivity index is 1.59. The Labute approximate surface area is 212 Å². The van der Waals surface area contributed by atoms with Crippen LogP contribution in [-0.2, 0) is 26.2 Å². The number of hydrogen-bond donors (Lipinski definition) is 0. The van der Waals surface area contributed by atoms with Gasteiger partial charge in [-0.1, -0.05) is 60.1 Å². The summed E-state index contributed by atoms with van der Waals surface area (Å²) >= 11 is 6.33. The van der Waals surface area contributed by atoms with Crippen molar-refractivity contribution in [1.29, 1.82) is 0 Å². The molecule has 2 amide bonds. The summed E-state index contributed by atoms with van der Waals surface area (Å²) in [5.74, 6) is -1.80. The van der Waals surface area contributed by atoms with Crippen molar-refractivity contribution >= 4 is 49.9 Å². The molecule has 1 saturated heterocycles. The van der Waals surface area contributed by atoms with Crippen LogP contribution in [0, 0.1) is 5.82 Å². The normalized spacial score (nSPS) is 16.3. The molecule has 0 radical (unpaired) electrons. The summed E-state index contributed by atoms with van der Waals surface area (Å²) in [7, 11) is -4.24. The average molecular weight is 523 g/mol. The molecule has 9 heteroatoms. The van der Waals surface area contributed by atoms with Crippen LogP contribution in [-0.4, -0.2) is 30.6 Å². The predicted molar refractivity (Wildman–Crippen MR) is 135 cm³/mol. The molecule has 4 aromatic rings. The van der Waals surface area contributed by atoms with E-state index in [-0.39, 0.29) is 23.5 Å². The lowest BCUT2D eigenvalue weighted by Crippen LogP contribution is -2.45. The molecule has 0 spiro atoms. The van der Waals surface area contributed by atoms with Crippen molar-refractivity contribution < 1.29 is 22.4 Å². The minimum atomic E-state index is -4.24. The number of fused-ring (bicyclic) bond motifs is 1. The highest BCUT2D eigenvalue weighted by Crippen LogP contribution is 2.32. The van der Waals surface area contributed by atoms with Crippen LogP contribution in [0.15, 0.2) is 95.9 Å². The van der Waals surface area contributed by atoms with E-state index in [1.807, 2.05) is 12.1 Å². The Morgan fingerprint density at radius 2 is 1.56 bits per heavy atom. The van der Waals surface area contributed by atoms with Crippen LogP contribution in [0.5, 0.6) is 0 Å². The second kappa shape index (κ2) is 9.46. The maximum Gasteiger partial charge on any atom is 0.252 e. The molecule has 4 aromatic carbocycles. The van der Waals surface area contributed by atoms with Gasteiger partial charge in [0, 0.05) is 11.6 Å². The van der Waals surface area contributed by atoms with Crippen molar-refractivity contribution in [3.05, 3.63) is 107 Å². The highest BCUT2D eigenvalue weighted by atomic mass is 35.5. The van der Waals surface area contributed by atoms with Crippen LogP contribution in [0.25, 0.3) is 10.8 Å². The van der Waals surface area contributed by atoms with Gasteiger partial charge in [-0.05, 0) is 58.8 Å². The van der Waals surface area contributed by atoms with E-state index < -0.39 is 33.7 Å². The zero-order chi connectivity index (χ0) is 25.4. The maximum atomic E-state index is 14.0. The fourth-order valence-electron chi connectivity index (χ4n) is 4.32. The molecule has 0 N–H and O–H groups in total. The number of nitrogens with zero attached hydrogens (tertiary/aromatic N) is 2. The van der Waals surface area contributed by atoms with E-state index in [9.17, 15) is 22.4 Å². The molecule has 36 heavy (non-hydrogen) atoms. The molecule has 0 bridgehead atoms. The van der Waals surface area contributed by atoms with Gasteiger partial charge < -0.3 is 0 Å². The van der Waals surface area contributed by atoms with Gasteiger partial charge in [-0.25, -0.2) is 17.7 Å². The van der Waals surface area contributed by atoms with Gasteiger partial charge in [-0.15, -0.1) is 0 Å². The first-order chi connectivity index (χ1) is 17.3. The highest BCUT2D eigenvalue weighted by Gasteiger charge is 2.47. The third-order valence-electron chi connectivity index (χ3n) is 6.17. The summed E-state index contributed by atoms with van der Waals surface area (Å²) in [4.78, 5) is 27.3. The molecule has 0 saturated carbocycles. The van der Waals surface area contributed by atoms with E-state index in [4.69, 9.17) is 11.6 Å². The highest BCUT2D eigenvalue weighted by molar-refractivity contribution is 7.89. The number of hydrogen-bond acceptors (Lipinski definition) is 4. The van der Waals surface area contributed by atoms with Gasteiger partial charge in [0.15, 0.2) is 0 Å². The zero-order valence-electron chi connectivity index (χ0n) is 18.8. The van der Waals surface area contributed by atoms with Gasteiger partial charge in [-0.2, -0.15) is 4.31 Å². The van der Waals surface area contributed by atoms with Gasteiger partial charge >= 0.3 is 0 Å². The lowest BCUT2D eigenvalue weighted by atomic mass is 10.1. The van der Waals surface area contributed by atoms with Crippen LogP contribution >= 0.6 is 11.6 Å². The van der Waals surface area contributed by atoms with Crippen molar-refractivity contribution in [1.82, 2.24) is 4.31 Å². The van der Waals surface area contributed by atoms with Crippen LogP contribution in [0.3, 0.4) is 0 Å². The number of benzene rings is 4. The summed E-state index contributed by atoms with van der Waals surface area (Å²) in [6.45, 7) is -0.213. The summed E-state index contributed by atoms with van der Waals surface area (Å²) in [6, 6.07) is 22.4. The monoisotopic (exact) mass is 522 g/mol. The van der Waals surface area contributed by atoms with Crippen molar-refractivity contribution in [2.45, 2.75) is 23.9 Å². The van der Waals surface area contributed by atoms with Crippen LogP contribution in [0.1, 0.15) is 12.0 Å². The molecular weight excluding hydrogens is 503 g/mol. The molecule has 0 aromatic heterocycles. The van der Waals surface area contributed by atoms with Crippen molar-refractivity contribution in [2.24, 2.45) is 0 Å². The topological polar surface area (TPSA) is 74.8 Å². The number of amides is 2. The number of carbonyl (C=O) groups excluding carboxylic acids is 2. The van der Waals surface area contributed by atoms with Crippen LogP contribution in [0.4, 0.5) is 10.1 Å². The molecule has 1 aliphatic rings. The van der Waals surface area contributed by atoms with E-state index >= 15 is 0 Å². The van der Waals surface area contributed by atoms with Gasteiger partial charge in [0.2, 0.25) is 15.9 Å².